The third-order valence-corrected chi connectivity index (χ3v) is 7.48. The minimum Gasteiger partial charge on any atom is -0.442 e. The average molecular weight is 534 g/mol. The van der Waals surface area contributed by atoms with E-state index in [1.807, 2.05) is 49.7 Å². The largest absolute Gasteiger partial charge is 0.442 e. The van der Waals surface area contributed by atoms with E-state index in [0.29, 0.717) is 24.9 Å². The smallest absolute Gasteiger partial charge is 0.435 e. The molecule has 0 radical (unpaired) electrons. The quantitative estimate of drug-likeness (QED) is 0.341. The van der Waals surface area contributed by atoms with E-state index >= 15 is 0 Å². The number of rotatable bonds is 5. The lowest BCUT2D eigenvalue weighted by molar-refractivity contribution is 0.0513. The second-order valence-corrected chi connectivity index (χ2v) is 11.6. The van der Waals surface area contributed by atoms with Crippen molar-refractivity contribution < 1.29 is 14.3 Å². The molecule has 0 saturated heterocycles. The number of hydrogen-bond acceptors (Lipinski definition) is 5. The molecule has 1 fully saturated rings. The Hall–Kier alpha value is -4.56. The van der Waals surface area contributed by atoms with Gasteiger partial charge in [0.15, 0.2) is 0 Å². The fourth-order valence-electron chi connectivity index (χ4n) is 5.50. The Morgan fingerprint density at radius 3 is 2.73 bits per heavy atom. The number of ether oxygens (including phenoxy) is 1. The van der Waals surface area contributed by atoms with Crippen molar-refractivity contribution in [1.29, 1.82) is 0 Å². The van der Waals surface area contributed by atoms with E-state index in [0.717, 1.165) is 52.6 Å². The van der Waals surface area contributed by atoms with Gasteiger partial charge in [0.05, 0.1) is 29.5 Å². The highest BCUT2D eigenvalue weighted by Crippen LogP contribution is 2.36. The van der Waals surface area contributed by atoms with Crippen molar-refractivity contribution >= 4 is 22.9 Å². The number of allylic oxidation sites excluding steroid dienone is 4. The zero-order chi connectivity index (χ0) is 28.0. The first kappa shape index (κ1) is 25.7. The summed E-state index contributed by atoms with van der Waals surface area (Å²) < 4.78 is 8.66. The molecule has 2 aromatic heterocycles. The van der Waals surface area contributed by atoms with Crippen molar-refractivity contribution in [2.45, 2.75) is 77.1 Å². The van der Waals surface area contributed by atoms with Gasteiger partial charge in [-0.15, -0.1) is 6.42 Å². The molecule has 40 heavy (non-hydrogen) atoms. The third-order valence-electron chi connectivity index (χ3n) is 7.48. The maximum Gasteiger partial charge on any atom is 0.435 e. The number of aryl methyl sites for hydroxylation is 1. The van der Waals surface area contributed by atoms with Crippen LogP contribution in [0.2, 0.25) is 0 Å². The van der Waals surface area contributed by atoms with Crippen LogP contribution in [-0.2, 0) is 24.1 Å². The highest BCUT2D eigenvalue weighted by molar-refractivity contribution is 6.06. The van der Waals surface area contributed by atoms with Crippen LogP contribution in [0.15, 0.2) is 65.4 Å². The van der Waals surface area contributed by atoms with Gasteiger partial charge in [-0.05, 0) is 82.2 Å². The van der Waals surface area contributed by atoms with E-state index < -0.39 is 11.7 Å². The van der Waals surface area contributed by atoms with E-state index in [1.54, 1.807) is 18.5 Å². The first-order valence-electron chi connectivity index (χ1n) is 13.7. The van der Waals surface area contributed by atoms with Crippen LogP contribution in [0, 0.1) is 12.3 Å². The summed E-state index contributed by atoms with van der Waals surface area (Å²) in [7, 11) is 0. The molecule has 1 saturated carbocycles. The summed E-state index contributed by atoms with van der Waals surface area (Å²) in [5.41, 5.74) is 10.4. The summed E-state index contributed by atoms with van der Waals surface area (Å²) in [5, 5.41) is 9.93. The van der Waals surface area contributed by atoms with Crippen LogP contribution in [0.1, 0.15) is 61.6 Å². The number of fused-ring (bicyclic) bond motifs is 2. The van der Waals surface area contributed by atoms with Crippen LogP contribution < -0.4 is 0 Å². The molecule has 0 N–H and O–H groups in total. The molecule has 1 aromatic carbocycles. The van der Waals surface area contributed by atoms with Crippen molar-refractivity contribution in [2.24, 2.45) is 0 Å². The Bertz CT molecular complexity index is 1710. The summed E-state index contributed by atoms with van der Waals surface area (Å²) >= 11 is 0. The van der Waals surface area contributed by atoms with Crippen LogP contribution in [0.25, 0.3) is 10.9 Å². The summed E-state index contributed by atoms with van der Waals surface area (Å²) in [5.74, 6) is 2.72. The van der Waals surface area contributed by atoms with Gasteiger partial charge < -0.3 is 9.64 Å². The lowest BCUT2D eigenvalue weighted by Gasteiger charge is -2.34. The maximum atomic E-state index is 14.1. The van der Waals surface area contributed by atoms with Crippen LogP contribution in [0.5, 0.6) is 0 Å². The first-order valence-corrected chi connectivity index (χ1v) is 13.7. The maximum absolute atomic E-state index is 14.1. The average Bonchev–Trinajstić information content (AvgIpc) is 3.52. The van der Waals surface area contributed by atoms with E-state index in [-0.39, 0.29) is 18.0 Å². The topological polar surface area (TPSA) is 82.3 Å². The van der Waals surface area contributed by atoms with Crippen LogP contribution in [0.3, 0.4) is 0 Å². The molecule has 1 atom stereocenters. The summed E-state index contributed by atoms with van der Waals surface area (Å²) in [6.07, 6.45) is 16.5. The number of amides is 1. The summed E-state index contributed by atoms with van der Waals surface area (Å²) in [4.78, 5) is 28.8. The molecular formula is C32H31N5O3. The first-order chi connectivity index (χ1) is 19.2. The minimum atomic E-state index is -0.599. The van der Waals surface area contributed by atoms with E-state index in [9.17, 15) is 9.59 Å². The normalized spacial score (nSPS) is 18.1. The van der Waals surface area contributed by atoms with Crippen molar-refractivity contribution in [3.05, 3.63) is 82.2 Å². The van der Waals surface area contributed by atoms with Crippen LogP contribution >= 0.6 is 0 Å². The van der Waals surface area contributed by atoms with E-state index in [2.05, 4.69) is 32.5 Å². The molecule has 1 unspecified atom stereocenters. The highest BCUT2D eigenvalue weighted by Gasteiger charge is 2.40. The molecule has 6 rings (SSSR count). The van der Waals surface area contributed by atoms with Gasteiger partial charge in [0.25, 0.3) is 5.91 Å². The SMILES string of the molecule is C#CC1=C(Cn2ncc3c(C(=O)N(C4CC4)C4CCc5nn(C(=O)OC(C)(C)C)cc5C4)cccc32)C=C=C=C1. The van der Waals surface area contributed by atoms with E-state index in [4.69, 9.17) is 11.2 Å². The van der Waals surface area contributed by atoms with Crippen molar-refractivity contribution in [2.75, 3.05) is 0 Å². The molecule has 0 aliphatic heterocycles. The highest BCUT2D eigenvalue weighted by atomic mass is 16.6. The molecule has 0 spiro atoms. The lowest BCUT2D eigenvalue weighted by Crippen LogP contribution is -2.44. The Kier molecular flexibility index (Phi) is 6.35. The number of aromatic nitrogens is 4. The molecule has 1 amide bonds. The number of benzene rings is 1. The van der Waals surface area contributed by atoms with Crippen LogP contribution in [0.4, 0.5) is 4.79 Å². The minimum absolute atomic E-state index is 0.0209. The number of nitrogens with zero attached hydrogens (tertiary/aromatic N) is 5. The second kappa shape index (κ2) is 9.88. The monoisotopic (exact) mass is 533 g/mol. The predicted octanol–water partition coefficient (Wildman–Crippen LogP) is 4.99. The molecule has 0 bridgehead atoms. The van der Waals surface area contributed by atoms with Gasteiger partial charge >= 0.3 is 6.09 Å². The van der Waals surface area contributed by atoms with Gasteiger partial charge in [0.1, 0.15) is 5.60 Å². The van der Waals surface area contributed by atoms with Gasteiger partial charge in [-0.25, -0.2) is 4.79 Å². The van der Waals surface area contributed by atoms with Gasteiger partial charge in [0.2, 0.25) is 0 Å². The summed E-state index contributed by atoms with van der Waals surface area (Å²) in [6, 6.07) is 6.03. The second-order valence-electron chi connectivity index (χ2n) is 11.6. The van der Waals surface area contributed by atoms with Gasteiger partial charge in [-0.3, -0.25) is 9.48 Å². The fourth-order valence-corrected chi connectivity index (χ4v) is 5.50. The predicted molar refractivity (Wildman–Crippen MR) is 151 cm³/mol. The number of terminal acetylenes is 1. The lowest BCUT2D eigenvalue weighted by atomic mass is 9.91. The van der Waals surface area contributed by atoms with E-state index in [1.165, 1.54) is 4.68 Å². The molecule has 8 heteroatoms. The van der Waals surface area contributed by atoms with Crippen molar-refractivity contribution in [1.82, 2.24) is 24.5 Å². The third kappa shape index (κ3) is 4.94. The zero-order valence-corrected chi connectivity index (χ0v) is 23.0. The Morgan fingerprint density at radius 2 is 1.98 bits per heavy atom. The molecule has 3 aliphatic rings. The number of hydrogen-bond donors (Lipinski definition) is 0. The Balaban J connectivity index is 1.26. The fraction of sp³-hybridized carbons (Fsp3) is 0.375. The zero-order valence-electron chi connectivity index (χ0n) is 23.0. The molecule has 202 valence electrons. The standard InChI is InChI=1S/C32H31N5O3/c1-5-21-9-6-7-10-22(21)19-35-29-12-8-11-26(27(29)18-33-35)30(38)37(24-13-14-24)25-15-16-28-23(17-25)20-36(34-28)31(39)40-32(2,3)4/h1,8-12,18,20,24-25H,13-17,19H2,2-4H3. The van der Waals surface area contributed by atoms with Crippen LogP contribution in [-0.4, -0.2) is 54.1 Å². The number of carbonyl (C=O) groups is 2. The van der Waals surface area contributed by atoms with Crippen molar-refractivity contribution in [3.63, 3.8) is 0 Å². The Morgan fingerprint density at radius 1 is 1.18 bits per heavy atom. The molecule has 3 aliphatic carbocycles. The van der Waals surface area contributed by atoms with Gasteiger partial charge in [-0.1, -0.05) is 23.4 Å². The molecular weight excluding hydrogens is 502 g/mol. The number of carbonyl (C=O) groups excluding carboxylic acids is 2. The summed E-state index contributed by atoms with van der Waals surface area (Å²) in [6.45, 7) is 5.98. The molecule has 8 nitrogen and oxygen atoms in total. The molecule has 2 heterocycles. The Labute approximate surface area is 233 Å². The van der Waals surface area contributed by atoms with Crippen molar-refractivity contribution in [3.8, 4) is 12.3 Å². The molecule has 3 aromatic rings. The van der Waals surface area contributed by atoms with Gasteiger partial charge in [0, 0.05) is 35.3 Å². The van der Waals surface area contributed by atoms with Gasteiger partial charge in [-0.2, -0.15) is 14.9 Å².